The third kappa shape index (κ3) is 3.65. The summed E-state index contributed by atoms with van der Waals surface area (Å²) in [7, 11) is -3.76. The van der Waals surface area contributed by atoms with Crippen LogP contribution >= 0.6 is 0 Å². The van der Waals surface area contributed by atoms with Crippen molar-refractivity contribution in [2.24, 2.45) is 0 Å². The lowest BCUT2D eigenvalue weighted by molar-refractivity contribution is 0.0712. The molecule has 8 nitrogen and oxygen atoms in total. The van der Waals surface area contributed by atoms with Gasteiger partial charge in [0, 0.05) is 24.5 Å². The third-order valence-electron chi connectivity index (χ3n) is 4.61. The van der Waals surface area contributed by atoms with E-state index in [-0.39, 0.29) is 17.6 Å². The summed E-state index contributed by atoms with van der Waals surface area (Å²) in [5, 5.41) is 7.25. The van der Waals surface area contributed by atoms with Crippen LogP contribution in [0.3, 0.4) is 0 Å². The highest BCUT2D eigenvalue weighted by Gasteiger charge is 2.35. The topological polar surface area (TPSA) is 106 Å². The maximum Gasteiger partial charge on any atom is 0.335 e. The minimum absolute atomic E-state index is 0.145. The Morgan fingerprint density at radius 3 is 2.61 bits per heavy atom. The van der Waals surface area contributed by atoms with Gasteiger partial charge in [0.1, 0.15) is 6.04 Å². The second kappa shape index (κ2) is 7.51. The van der Waals surface area contributed by atoms with Gasteiger partial charge in [-0.2, -0.15) is 0 Å². The number of likely N-dealkylation sites (tertiary alicyclic amines) is 1. The Morgan fingerprint density at radius 1 is 1.11 bits per heavy atom. The van der Waals surface area contributed by atoms with Gasteiger partial charge in [0.2, 0.25) is 15.7 Å². The molecule has 0 aliphatic carbocycles. The standard InChI is InChI=1S/C19H18N4O4S/c24-18(15-8-10-20-11-9-15)23-12-4-7-16(23)17-21-22-19(27-17)28(25,26)13-14-5-2-1-3-6-14/h1-3,5-6,8-11,16H,4,7,12-13H2/t16-/m0/s1. The molecule has 1 aliphatic heterocycles. The van der Waals surface area contributed by atoms with Gasteiger partial charge in [0.25, 0.3) is 5.91 Å². The van der Waals surface area contributed by atoms with Crippen molar-refractivity contribution in [3.8, 4) is 0 Å². The molecule has 0 saturated carbocycles. The number of hydrogen-bond donors (Lipinski definition) is 0. The van der Waals surface area contributed by atoms with Gasteiger partial charge in [-0.3, -0.25) is 9.78 Å². The van der Waals surface area contributed by atoms with Crippen molar-refractivity contribution >= 4 is 15.7 Å². The van der Waals surface area contributed by atoms with Crippen LogP contribution < -0.4 is 0 Å². The lowest BCUT2D eigenvalue weighted by Crippen LogP contribution is -2.30. The summed E-state index contributed by atoms with van der Waals surface area (Å²) < 4.78 is 30.7. The van der Waals surface area contributed by atoms with Gasteiger partial charge >= 0.3 is 5.22 Å². The Balaban J connectivity index is 1.55. The molecule has 0 bridgehead atoms. The highest BCUT2D eigenvalue weighted by molar-refractivity contribution is 7.90. The van der Waals surface area contributed by atoms with Crippen molar-refractivity contribution in [2.75, 3.05) is 6.54 Å². The average molecular weight is 398 g/mol. The van der Waals surface area contributed by atoms with E-state index in [1.807, 2.05) is 6.07 Å². The summed E-state index contributed by atoms with van der Waals surface area (Å²) in [6, 6.07) is 11.6. The lowest BCUT2D eigenvalue weighted by Gasteiger charge is -2.21. The molecule has 4 rings (SSSR count). The van der Waals surface area contributed by atoms with Crippen molar-refractivity contribution in [1.82, 2.24) is 20.1 Å². The largest absolute Gasteiger partial charge is 0.410 e. The fourth-order valence-electron chi connectivity index (χ4n) is 3.26. The smallest absolute Gasteiger partial charge is 0.335 e. The van der Waals surface area contributed by atoms with Crippen molar-refractivity contribution in [2.45, 2.75) is 29.9 Å². The Bertz CT molecular complexity index is 1070. The predicted octanol–water partition coefficient (Wildman–Crippen LogP) is 2.42. The van der Waals surface area contributed by atoms with Crippen LogP contribution in [0.4, 0.5) is 0 Å². The van der Waals surface area contributed by atoms with Crippen molar-refractivity contribution < 1.29 is 17.6 Å². The number of nitrogens with zero attached hydrogens (tertiary/aromatic N) is 4. The third-order valence-corrected chi connectivity index (χ3v) is 6.02. The highest BCUT2D eigenvalue weighted by atomic mass is 32.2. The number of carbonyl (C=O) groups is 1. The summed E-state index contributed by atoms with van der Waals surface area (Å²) in [6.45, 7) is 0.542. The van der Waals surface area contributed by atoms with Gasteiger partial charge < -0.3 is 9.32 Å². The molecule has 3 aromatic rings. The first-order valence-corrected chi connectivity index (χ1v) is 10.5. The summed E-state index contributed by atoms with van der Waals surface area (Å²) in [5.41, 5.74) is 1.15. The average Bonchev–Trinajstić information content (AvgIpc) is 3.38. The van der Waals surface area contributed by atoms with Crippen LogP contribution in [0.5, 0.6) is 0 Å². The monoisotopic (exact) mass is 398 g/mol. The molecule has 1 saturated heterocycles. The number of amides is 1. The van der Waals surface area contributed by atoms with E-state index < -0.39 is 21.1 Å². The van der Waals surface area contributed by atoms with E-state index in [9.17, 15) is 13.2 Å². The number of rotatable bonds is 5. The van der Waals surface area contributed by atoms with E-state index in [0.717, 1.165) is 6.42 Å². The number of aromatic nitrogens is 3. The van der Waals surface area contributed by atoms with Crippen LogP contribution in [0, 0.1) is 0 Å². The van der Waals surface area contributed by atoms with Gasteiger partial charge in [0.15, 0.2) is 0 Å². The van der Waals surface area contributed by atoms with Crippen LogP contribution in [-0.4, -0.2) is 41.0 Å². The summed E-state index contributed by atoms with van der Waals surface area (Å²) in [4.78, 5) is 18.3. The van der Waals surface area contributed by atoms with Gasteiger partial charge in [-0.25, -0.2) is 8.42 Å². The molecular formula is C19H18N4O4S. The highest BCUT2D eigenvalue weighted by Crippen LogP contribution is 2.33. The molecule has 3 heterocycles. The number of carbonyl (C=O) groups excluding carboxylic acids is 1. The number of hydrogen-bond acceptors (Lipinski definition) is 7. The number of sulfone groups is 1. The molecule has 1 aliphatic rings. The zero-order valence-electron chi connectivity index (χ0n) is 14.9. The zero-order valence-corrected chi connectivity index (χ0v) is 15.7. The first kappa shape index (κ1) is 18.3. The molecule has 0 radical (unpaired) electrons. The van der Waals surface area contributed by atoms with Crippen LogP contribution in [0.1, 0.15) is 40.7 Å². The molecule has 1 fully saturated rings. The molecule has 28 heavy (non-hydrogen) atoms. The maximum atomic E-state index is 12.8. The first-order valence-electron chi connectivity index (χ1n) is 8.86. The molecule has 1 amide bonds. The van der Waals surface area contributed by atoms with E-state index in [2.05, 4.69) is 15.2 Å². The van der Waals surface area contributed by atoms with E-state index >= 15 is 0 Å². The molecule has 0 N–H and O–H groups in total. The Hall–Kier alpha value is -3.07. The summed E-state index contributed by atoms with van der Waals surface area (Å²) in [5.74, 6) is -0.247. The molecule has 144 valence electrons. The van der Waals surface area contributed by atoms with Crippen molar-refractivity contribution in [1.29, 1.82) is 0 Å². The second-order valence-corrected chi connectivity index (χ2v) is 8.41. The van der Waals surface area contributed by atoms with Crippen molar-refractivity contribution in [3.63, 3.8) is 0 Å². The number of pyridine rings is 1. The van der Waals surface area contributed by atoms with E-state index in [4.69, 9.17) is 4.42 Å². The van der Waals surface area contributed by atoms with Gasteiger partial charge in [-0.15, -0.1) is 5.10 Å². The first-order chi connectivity index (χ1) is 13.5. The second-order valence-electron chi connectivity index (χ2n) is 6.54. The predicted molar refractivity (Wildman–Crippen MR) is 98.9 cm³/mol. The van der Waals surface area contributed by atoms with Crippen molar-refractivity contribution in [3.05, 3.63) is 71.9 Å². The molecule has 0 spiro atoms. The molecule has 0 unspecified atom stereocenters. The van der Waals surface area contributed by atoms with E-state index in [1.54, 1.807) is 53.7 Å². The van der Waals surface area contributed by atoms with Crippen LogP contribution in [0.2, 0.25) is 0 Å². The normalized spacial score (nSPS) is 17.0. The van der Waals surface area contributed by atoms with Gasteiger partial charge in [0.05, 0.1) is 5.75 Å². The van der Waals surface area contributed by atoms with Gasteiger partial charge in [-0.05, 0) is 30.5 Å². The SMILES string of the molecule is O=C(c1ccncc1)N1CCC[C@H]1c1nnc(S(=O)(=O)Cc2ccccc2)o1. The van der Waals surface area contributed by atoms with E-state index in [0.29, 0.717) is 24.1 Å². The Labute approximate surface area is 162 Å². The van der Waals surface area contributed by atoms with Crippen LogP contribution in [0.15, 0.2) is 64.5 Å². The molecule has 1 aromatic carbocycles. The minimum Gasteiger partial charge on any atom is -0.410 e. The molecular weight excluding hydrogens is 380 g/mol. The molecule has 2 aromatic heterocycles. The minimum atomic E-state index is -3.76. The number of benzene rings is 1. The van der Waals surface area contributed by atoms with Crippen LogP contribution in [-0.2, 0) is 15.6 Å². The Morgan fingerprint density at radius 2 is 1.86 bits per heavy atom. The fraction of sp³-hybridized carbons (Fsp3) is 0.263. The quantitative estimate of drug-likeness (QED) is 0.650. The Kier molecular flexibility index (Phi) is 4.91. The van der Waals surface area contributed by atoms with Gasteiger partial charge in [-0.1, -0.05) is 35.4 Å². The van der Waals surface area contributed by atoms with E-state index in [1.165, 1.54) is 0 Å². The molecule has 1 atom stereocenters. The zero-order chi connectivity index (χ0) is 19.6. The van der Waals surface area contributed by atoms with Crippen LogP contribution in [0.25, 0.3) is 0 Å². The lowest BCUT2D eigenvalue weighted by atomic mass is 10.2. The summed E-state index contributed by atoms with van der Waals surface area (Å²) >= 11 is 0. The summed E-state index contributed by atoms with van der Waals surface area (Å²) in [6.07, 6.45) is 4.52. The molecule has 9 heteroatoms. The fourth-order valence-corrected chi connectivity index (χ4v) is 4.40. The maximum absolute atomic E-state index is 12.8.